The van der Waals surface area contributed by atoms with Crippen molar-refractivity contribution in [1.82, 2.24) is 4.90 Å². The van der Waals surface area contributed by atoms with Crippen molar-refractivity contribution in [3.05, 3.63) is 39.7 Å². The largest absolute Gasteiger partial charge is 0.304 e. The van der Waals surface area contributed by atoms with E-state index in [4.69, 9.17) is 0 Å². The molecule has 0 aliphatic carbocycles. The molecule has 0 radical (unpaired) electrons. The van der Waals surface area contributed by atoms with E-state index in [2.05, 4.69) is 0 Å². The summed E-state index contributed by atoms with van der Waals surface area (Å²) in [6.45, 7) is 2.32. The maximum Gasteiger partial charge on any atom is 0.304 e. The number of hydrogen-bond acceptors (Lipinski definition) is 4. The summed E-state index contributed by atoms with van der Waals surface area (Å²) in [6.07, 6.45) is 2.09. The number of imide groups is 1. The van der Waals surface area contributed by atoms with Crippen molar-refractivity contribution in [2.24, 2.45) is 5.92 Å². The number of halogens is 1. The van der Waals surface area contributed by atoms with E-state index >= 15 is 0 Å². The quantitative estimate of drug-likeness (QED) is 0.485. The van der Waals surface area contributed by atoms with E-state index < -0.39 is 22.3 Å². The fraction of sp³-hybridized carbons (Fsp3) is 0.429. The van der Waals surface area contributed by atoms with Crippen molar-refractivity contribution in [1.29, 1.82) is 0 Å². The summed E-state index contributed by atoms with van der Waals surface area (Å²) >= 11 is 0. The Bertz CT molecular complexity index is 603. The fourth-order valence-electron chi connectivity index (χ4n) is 2.52. The Morgan fingerprint density at radius 2 is 2.24 bits per heavy atom. The highest BCUT2D eigenvalue weighted by Gasteiger charge is 2.34. The van der Waals surface area contributed by atoms with Gasteiger partial charge >= 0.3 is 5.69 Å². The first kappa shape index (κ1) is 15.1. The van der Waals surface area contributed by atoms with Gasteiger partial charge in [0.1, 0.15) is 0 Å². The molecule has 1 aromatic carbocycles. The van der Waals surface area contributed by atoms with Crippen molar-refractivity contribution in [2.75, 3.05) is 6.54 Å². The lowest BCUT2D eigenvalue weighted by atomic mass is 10.0. The molecule has 1 unspecified atom stereocenters. The maximum atomic E-state index is 13.5. The summed E-state index contributed by atoms with van der Waals surface area (Å²) in [4.78, 5) is 34.8. The number of amides is 2. The molecular weight excluding hydrogens is 279 g/mol. The molecule has 0 bridgehead atoms. The second-order valence-electron chi connectivity index (χ2n) is 5.09. The molecule has 21 heavy (non-hydrogen) atoms. The third kappa shape index (κ3) is 3.07. The highest BCUT2D eigenvalue weighted by atomic mass is 19.1. The zero-order valence-corrected chi connectivity index (χ0v) is 11.5. The molecule has 1 aliphatic heterocycles. The molecule has 1 heterocycles. The van der Waals surface area contributed by atoms with Crippen LogP contribution in [0.1, 0.15) is 36.5 Å². The molecule has 2 rings (SSSR count). The number of nitro groups is 1. The second-order valence-corrected chi connectivity index (χ2v) is 5.09. The van der Waals surface area contributed by atoms with Gasteiger partial charge in [-0.1, -0.05) is 13.3 Å². The van der Waals surface area contributed by atoms with Gasteiger partial charge in [-0.05, 0) is 24.5 Å². The van der Waals surface area contributed by atoms with Gasteiger partial charge in [0.05, 0.1) is 4.92 Å². The van der Waals surface area contributed by atoms with Gasteiger partial charge in [-0.3, -0.25) is 24.6 Å². The molecule has 6 nitrogen and oxygen atoms in total. The van der Waals surface area contributed by atoms with Crippen LogP contribution in [0.3, 0.4) is 0 Å². The average Bonchev–Trinajstić information content (AvgIpc) is 2.78. The van der Waals surface area contributed by atoms with Crippen molar-refractivity contribution in [3.63, 3.8) is 0 Å². The third-order valence-electron chi connectivity index (χ3n) is 3.54. The van der Waals surface area contributed by atoms with Gasteiger partial charge in [0.2, 0.25) is 11.7 Å². The topological polar surface area (TPSA) is 80.5 Å². The molecule has 0 N–H and O–H groups in total. The molecule has 1 aromatic rings. The molecule has 1 atom stereocenters. The van der Waals surface area contributed by atoms with Crippen molar-refractivity contribution >= 4 is 17.5 Å². The summed E-state index contributed by atoms with van der Waals surface area (Å²) in [7, 11) is 0. The van der Waals surface area contributed by atoms with Gasteiger partial charge in [-0.2, -0.15) is 4.39 Å². The van der Waals surface area contributed by atoms with Crippen LogP contribution >= 0.6 is 0 Å². The van der Waals surface area contributed by atoms with E-state index in [0.717, 1.165) is 29.9 Å². The predicted molar refractivity (Wildman–Crippen MR) is 72.1 cm³/mol. The Labute approximate surface area is 120 Å². The molecule has 1 saturated heterocycles. The van der Waals surface area contributed by atoms with E-state index in [1.807, 2.05) is 6.92 Å². The minimum absolute atomic E-state index is 0.0522. The Balaban J connectivity index is 2.19. The van der Waals surface area contributed by atoms with Crippen LogP contribution in [0.4, 0.5) is 10.1 Å². The normalized spacial score (nSPS) is 18.1. The van der Waals surface area contributed by atoms with Gasteiger partial charge in [0, 0.05) is 24.6 Å². The summed E-state index contributed by atoms with van der Waals surface area (Å²) < 4.78 is 13.5. The average molecular weight is 294 g/mol. The zero-order valence-electron chi connectivity index (χ0n) is 11.5. The Morgan fingerprint density at radius 3 is 2.81 bits per heavy atom. The number of nitrogens with zero attached hydrogens (tertiary/aromatic N) is 2. The van der Waals surface area contributed by atoms with Gasteiger partial charge in [0.25, 0.3) is 5.91 Å². The first-order chi connectivity index (χ1) is 9.93. The molecule has 0 spiro atoms. The minimum atomic E-state index is -1.08. The number of carbonyl (C=O) groups excluding carboxylic acids is 2. The lowest BCUT2D eigenvalue weighted by Gasteiger charge is -2.14. The van der Waals surface area contributed by atoms with Gasteiger partial charge in [0.15, 0.2) is 0 Å². The van der Waals surface area contributed by atoms with E-state index in [0.29, 0.717) is 13.0 Å². The molecule has 1 fully saturated rings. The SMILES string of the molecule is CCCC1CC(=O)N(C(=O)c2ccc([N+](=O)[O-])c(F)c2)C1. The number of carbonyl (C=O) groups is 2. The van der Waals surface area contributed by atoms with E-state index in [9.17, 15) is 24.1 Å². The van der Waals surface area contributed by atoms with Crippen LogP contribution in [0.25, 0.3) is 0 Å². The van der Waals surface area contributed by atoms with Gasteiger partial charge in [-0.25, -0.2) is 0 Å². The zero-order chi connectivity index (χ0) is 15.6. The lowest BCUT2D eigenvalue weighted by Crippen LogP contribution is -2.32. The van der Waals surface area contributed by atoms with Crippen LogP contribution in [0.2, 0.25) is 0 Å². The Kier molecular flexibility index (Phi) is 4.30. The molecule has 7 heteroatoms. The first-order valence-electron chi connectivity index (χ1n) is 6.72. The number of benzene rings is 1. The molecule has 0 aromatic heterocycles. The van der Waals surface area contributed by atoms with Crippen LogP contribution in [-0.4, -0.2) is 28.2 Å². The highest BCUT2D eigenvalue weighted by Crippen LogP contribution is 2.25. The monoisotopic (exact) mass is 294 g/mol. The third-order valence-corrected chi connectivity index (χ3v) is 3.54. The summed E-state index contributed by atoms with van der Waals surface area (Å²) in [5, 5.41) is 10.5. The van der Waals surface area contributed by atoms with E-state index in [1.165, 1.54) is 6.07 Å². The van der Waals surface area contributed by atoms with Gasteiger partial charge < -0.3 is 0 Å². The van der Waals surface area contributed by atoms with E-state index in [-0.39, 0.29) is 17.4 Å². The molecule has 1 aliphatic rings. The predicted octanol–water partition coefficient (Wildman–Crippen LogP) is 2.52. The van der Waals surface area contributed by atoms with Crippen LogP contribution in [0, 0.1) is 21.8 Å². The van der Waals surface area contributed by atoms with Crippen molar-refractivity contribution in [2.45, 2.75) is 26.2 Å². The number of nitro benzene ring substituents is 1. The molecule has 0 saturated carbocycles. The van der Waals surface area contributed by atoms with Gasteiger partial charge in [-0.15, -0.1) is 0 Å². The second kappa shape index (κ2) is 5.99. The Morgan fingerprint density at radius 1 is 1.52 bits per heavy atom. The van der Waals surface area contributed by atoms with Crippen LogP contribution in [0.15, 0.2) is 18.2 Å². The van der Waals surface area contributed by atoms with Crippen molar-refractivity contribution in [3.8, 4) is 0 Å². The fourth-order valence-corrected chi connectivity index (χ4v) is 2.52. The van der Waals surface area contributed by atoms with Crippen LogP contribution in [-0.2, 0) is 4.79 Å². The smallest absolute Gasteiger partial charge is 0.278 e. The minimum Gasteiger partial charge on any atom is -0.278 e. The molecule has 2 amide bonds. The van der Waals surface area contributed by atoms with Crippen LogP contribution < -0.4 is 0 Å². The summed E-state index contributed by atoms with van der Waals surface area (Å²) in [6, 6.07) is 2.91. The van der Waals surface area contributed by atoms with Crippen LogP contribution in [0.5, 0.6) is 0 Å². The maximum absolute atomic E-state index is 13.5. The highest BCUT2D eigenvalue weighted by molar-refractivity contribution is 6.05. The molecule has 112 valence electrons. The van der Waals surface area contributed by atoms with E-state index in [1.54, 1.807) is 0 Å². The van der Waals surface area contributed by atoms with Crippen molar-refractivity contribution < 1.29 is 18.9 Å². The standard InChI is InChI=1S/C14H15FN2O4/c1-2-3-9-6-13(18)16(8-9)14(19)10-4-5-12(17(20)21)11(15)7-10/h4-5,7,9H,2-3,6,8H2,1H3. The summed E-state index contributed by atoms with van der Waals surface area (Å²) in [5.74, 6) is -1.83. The number of rotatable bonds is 4. The molecular formula is C14H15FN2O4. The number of likely N-dealkylation sites (tertiary alicyclic amines) is 1. The summed E-state index contributed by atoms with van der Waals surface area (Å²) in [5.41, 5.74) is -0.744. The lowest BCUT2D eigenvalue weighted by molar-refractivity contribution is -0.387. The first-order valence-corrected chi connectivity index (χ1v) is 6.72. The Hall–Kier alpha value is -2.31. The number of hydrogen-bond donors (Lipinski definition) is 0.